The van der Waals surface area contributed by atoms with Gasteiger partial charge in [0.1, 0.15) is 0 Å². The van der Waals surface area contributed by atoms with Gasteiger partial charge in [0.25, 0.3) is 0 Å². The summed E-state index contributed by atoms with van der Waals surface area (Å²) in [5.74, 6) is -0.0524. The number of anilines is 1. The van der Waals surface area contributed by atoms with Gasteiger partial charge in [0.15, 0.2) is 0 Å². The van der Waals surface area contributed by atoms with Crippen molar-refractivity contribution in [1.82, 2.24) is 5.32 Å². The number of hydrogen-bond acceptors (Lipinski definition) is 3. The molecular formula is C22H22N2OS. The molecule has 0 radical (unpaired) electrons. The number of carbonyl (C=O) groups is 1. The van der Waals surface area contributed by atoms with Crippen LogP contribution < -0.4 is 10.6 Å². The van der Waals surface area contributed by atoms with E-state index in [1.165, 1.54) is 0 Å². The first kappa shape index (κ1) is 18.2. The minimum atomic E-state index is -0.0524. The van der Waals surface area contributed by atoms with E-state index in [4.69, 9.17) is 0 Å². The first-order chi connectivity index (χ1) is 12.8. The number of rotatable bonds is 7. The van der Waals surface area contributed by atoms with Crippen molar-refractivity contribution in [2.45, 2.75) is 10.9 Å². The van der Waals surface area contributed by atoms with Crippen LogP contribution in [0.5, 0.6) is 0 Å². The standard InChI is InChI=1S/C22H22N2OS/c1-26-20-15-9-8-14-19(20)24-21(25)16-23-22(17-10-4-2-5-11-17)18-12-6-3-7-13-18/h2-15,22-23H,16H2,1H3,(H,24,25). The van der Waals surface area contributed by atoms with Crippen molar-refractivity contribution in [1.29, 1.82) is 0 Å². The van der Waals surface area contributed by atoms with Gasteiger partial charge in [-0.15, -0.1) is 11.8 Å². The van der Waals surface area contributed by atoms with E-state index in [0.717, 1.165) is 21.7 Å². The van der Waals surface area contributed by atoms with Crippen LogP contribution in [0.3, 0.4) is 0 Å². The van der Waals surface area contributed by atoms with Crippen LogP contribution in [-0.4, -0.2) is 18.7 Å². The summed E-state index contributed by atoms with van der Waals surface area (Å²) in [4.78, 5) is 13.5. The highest BCUT2D eigenvalue weighted by atomic mass is 32.2. The Kier molecular flexibility index (Phi) is 6.47. The maximum atomic E-state index is 12.5. The van der Waals surface area contributed by atoms with Crippen LogP contribution in [0.25, 0.3) is 0 Å². The summed E-state index contributed by atoms with van der Waals surface area (Å²) in [5, 5.41) is 6.39. The Labute approximate surface area is 158 Å². The Bertz CT molecular complexity index is 798. The van der Waals surface area contributed by atoms with Crippen molar-refractivity contribution in [3.8, 4) is 0 Å². The molecule has 0 fully saturated rings. The van der Waals surface area contributed by atoms with Crippen molar-refractivity contribution in [2.75, 3.05) is 18.1 Å². The van der Waals surface area contributed by atoms with E-state index < -0.39 is 0 Å². The van der Waals surface area contributed by atoms with Gasteiger partial charge in [-0.2, -0.15) is 0 Å². The number of hydrogen-bond donors (Lipinski definition) is 2. The molecule has 4 heteroatoms. The molecule has 26 heavy (non-hydrogen) atoms. The second kappa shape index (κ2) is 9.22. The quantitative estimate of drug-likeness (QED) is 0.597. The van der Waals surface area contributed by atoms with Crippen LogP contribution in [0.1, 0.15) is 17.2 Å². The molecule has 0 spiro atoms. The summed E-state index contributed by atoms with van der Waals surface area (Å²) in [6.07, 6.45) is 2.00. The molecule has 132 valence electrons. The molecular weight excluding hydrogens is 340 g/mol. The first-order valence-corrected chi connectivity index (χ1v) is 9.76. The number of thioether (sulfide) groups is 1. The molecule has 0 aliphatic carbocycles. The molecule has 3 rings (SSSR count). The predicted octanol–water partition coefficient (Wildman–Crippen LogP) is 4.73. The summed E-state index contributed by atoms with van der Waals surface area (Å²) >= 11 is 1.62. The molecule has 0 heterocycles. The van der Waals surface area contributed by atoms with Gasteiger partial charge in [-0.25, -0.2) is 0 Å². The zero-order chi connectivity index (χ0) is 18.2. The van der Waals surface area contributed by atoms with Gasteiger partial charge in [0.05, 0.1) is 18.3 Å². The number of carbonyl (C=O) groups excluding carboxylic acids is 1. The van der Waals surface area contributed by atoms with E-state index in [1.807, 2.05) is 66.9 Å². The third kappa shape index (κ3) is 4.75. The minimum Gasteiger partial charge on any atom is -0.324 e. The molecule has 3 aromatic rings. The normalized spacial score (nSPS) is 10.7. The van der Waals surface area contributed by atoms with Crippen LogP contribution in [0.2, 0.25) is 0 Å². The summed E-state index contributed by atoms with van der Waals surface area (Å²) in [5.41, 5.74) is 3.12. The second-order valence-corrected chi connectivity index (χ2v) is 6.73. The highest BCUT2D eigenvalue weighted by Crippen LogP contribution is 2.25. The van der Waals surface area contributed by atoms with E-state index >= 15 is 0 Å². The van der Waals surface area contributed by atoms with Gasteiger partial charge in [-0.05, 0) is 29.5 Å². The highest BCUT2D eigenvalue weighted by Gasteiger charge is 2.15. The van der Waals surface area contributed by atoms with E-state index in [9.17, 15) is 4.79 Å². The molecule has 0 unspecified atom stereocenters. The van der Waals surface area contributed by atoms with E-state index in [1.54, 1.807) is 11.8 Å². The lowest BCUT2D eigenvalue weighted by molar-refractivity contribution is -0.115. The Hall–Kier alpha value is -2.56. The molecule has 2 N–H and O–H groups in total. The van der Waals surface area contributed by atoms with Crippen LogP contribution in [0.4, 0.5) is 5.69 Å². The van der Waals surface area contributed by atoms with Crippen LogP contribution in [0, 0.1) is 0 Å². The smallest absolute Gasteiger partial charge is 0.238 e. The average molecular weight is 362 g/mol. The summed E-state index contributed by atoms with van der Waals surface area (Å²) < 4.78 is 0. The molecule has 0 saturated heterocycles. The Morgan fingerprint density at radius 3 is 1.96 bits per heavy atom. The molecule has 3 aromatic carbocycles. The maximum absolute atomic E-state index is 12.5. The predicted molar refractivity (Wildman–Crippen MR) is 110 cm³/mol. The van der Waals surface area contributed by atoms with Crippen LogP contribution >= 0.6 is 11.8 Å². The lowest BCUT2D eigenvalue weighted by Crippen LogP contribution is -2.32. The summed E-state index contributed by atoms with van der Waals surface area (Å²) in [6.45, 7) is 0.233. The van der Waals surface area contributed by atoms with Crippen LogP contribution in [0.15, 0.2) is 89.8 Å². The number of benzene rings is 3. The van der Waals surface area contributed by atoms with Crippen molar-refractivity contribution in [3.63, 3.8) is 0 Å². The van der Waals surface area contributed by atoms with Crippen LogP contribution in [-0.2, 0) is 4.79 Å². The average Bonchev–Trinajstić information content (AvgIpc) is 2.70. The Balaban J connectivity index is 1.71. The summed E-state index contributed by atoms with van der Waals surface area (Å²) in [6, 6.07) is 28.2. The lowest BCUT2D eigenvalue weighted by Gasteiger charge is -2.20. The minimum absolute atomic E-state index is 0.0288. The molecule has 0 bridgehead atoms. The van der Waals surface area contributed by atoms with Crippen molar-refractivity contribution >= 4 is 23.4 Å². The lowest BCUT2D eigenvalue weighted by atomic mass is 9.99. The number of nitrogens with one attached hydrogen (secondary N) is 2. The highest BCUT2D eigenvalue weighted by molar-refractivity contribution is 7.98. The van der Waals surface area contributed by atoms with Crippen molar-refractivity contribution < 1.29 is 4.79 Å². The molecule has 0 aliphatic rings. The van der Waals surface area contributed by atoms with E-state index in [-0.39, 0.29) is 18.5 Å². The fourth-order valence-corrected chi connectivity index (χ4v) is 3.41. The molecule has 1 amide bonds. The van der Waals surface area contributed by atoms with Gasteiger partial charge in [-0.3, -0.25) is 10.1 Å². The topological polar surface area (TPSA) is 41.1 Å². The first-order valence-electron chi connectivity index (χ1n) is 8.54. The van der Waals surface area contributed by atoms with Gasteiger partial charge in [0.2, 0.25) is 5.91 Å². The number of para-hydroxylation sites is 1. The van der Waals surface area contributed by atoms with Gasteiger partial charge < -0.3 is 5.32 Å². The third-order valence-electron chi connectivity index (χ3n) is 4.11. The van der Waals surface area contributed by atoms with Crippen molar-refractivity contribution in [3.05, 3.63) is 96.1 Å². The van der Waals surface area contributed by atoms with Gasteiger partial charge in [-0.1, -0.05) is 72.8 Å². The molecule has 0 atom stereocenters. The Morgan fingerprint density at radius 2 is 1.38 bits per heavy atom. The molecule has 0 saturated carbocycles. The second-order valence-electron chi connectivity index (χ2n) is 5.88. The third-order valence-corrected chi connectivity index (χ3v) is 4.91. The summed E-state index contributed by atoms with van der Waals surface area (Å²) in [7, 11) is 0. The zero-order valence-electron chi connectivity index (χ0n) is 14.7. The maximum Gasteiger partial charge on any atom is 0.238 e. The largest absolute Gasteiger partial charge is 0.324 e. The Morgan fingerprint density at radius 1 is 0.846 bits per heavy atom. The van der Waals surface area contributed by atoms with Crippen molar-refractivity contribution in [2.24, 2.45) is 0 Å². The van der Waals surface area contributed by atoms with E-state index in [2.05, 4.69) is 34.9 Å². The SMILES string of the molecule is CSc1ccccc1NC(=O)CNC(c1ccccc1)c1ccccc1. The molecule has 0 aromatic heterocycles. The fraction of sp³-hybridized carbons (Fsp3) is 0.136. The van der Waals surface area contributed by atoms with Gasteiger partial charge >= 0.3 is 0 Å². The number of amides is 1. The molecule has 0 aliphatic heterocycles. The monoisotopic (exact) mass is 362 g/mol. The molecule has 3 nitrogen and oxygen atoms in total. The zero-order valence-corrected chi connectivity index (χ0v) is 15.5. The fourth-order valence-electron chi connectivity index (χ4n) is 2.86. The van der Waals surface area contributed by atoms with Gasteiger partial charge in [0, 0.05) is 4.90 Å². The van der Waals surface area contributed by atoms with E-state index in [0.29, 0.717) is 0 Å².